The van der Waals surface area contributed by atoms with Gasteiger partial charge in [0.2, 0.25) is 0 Å². The zero-order valence-corrected chi connectivity index (χ0v) is 8.73. The van der Waals surface area contributed by atoms with Gasteiger partial charge in [0.15, 0.2) is 5.82 Å². The number of hydrogen-bond donors (Lipinski definition) is 2. The van der Waals surface area contributed by atoms with Gasteiger partial charge in [-0.05, 0) is 18.2 Å². The molecule has 0 unspecified atom stereocenters. The van der Waals surface area contributed by atoms with E-state index in [9.17, 15) is 0 Å². The van der Waals surface area contributed by atoms with Gasteiger partial charge < -0.3 is 11.2 Å². The Kier molecular flexibility index (Phi) is 2.39. The van der Waals surface area contributed by atoms with Crippen LogP contribution in [0.5, 0.6) is 0 Å². The fourth-order valence-electron chi connectivity index (χ4n) is 1.38. The minimum Gasteiger partial charge on any atom is -0.399 e. The number of nitrogen functional groups attached to an aromatic ring is 1. The van der Waals surface area contributed by atoms with Crippen molar-refractivity contribution in [3.05, 3.63) is 24.5 Å². The van der Waals surface area contributed by atoms with Crippen LogP contribution in [0.15, 0.2) is 24.5 Å². The van der Waals surface area contributed by atoms with Crippen molar-refractivity contribution >= 4 is 22.4 Å². The van der Waals surface area contributed by atoms with Gasteiger partial charge >= 0.3 is 0 Å². The van der Waals surface area contributed by atoms with E-state index in [0.717, 1.165) is 16.7 Å². The highest BCUT2D eigenvalue weighted by molar-refractivity contribution is 5.90. The Morgan fingerprint density at radius 3 is 2.80 bits per heavy atom. The highest BCUT2D eigenvalue weighted by atomic mass is 15.5. The Morgan fingerprint density at radius 2 is 2.07 bits per heavy atom. The molecule has 0 saturated heterocycles. The van der Waals surface area contributed by atoms with Crippen LogP contribution in [-0.4, -0.2) is 29.1 Å². The first-order valence-corrected chi connectivity index (χ1v) is 4.61. The number of rotatable bonds is 2. The van der Waals surface area contributed by atoms with Crippen molar-refractivity contribution in [2.24, 2.45) is 0 Å². The topological polar surface area (TPSA) is 67.1 Å². The molecule has 5 heteroatoms. The zero-order chi connectivity index (χ0) is 10.8. The summed E-state index contributed by atoms with van der Waals surface area (Å²) in [6.45, 7) is 0. The van der Waals surface area contributed by atoms with Crippen molar-refractivity contribution in [1.29, 1.82) is 0 Å². The third-order valence-corrected chi connectivity index (χ3v) is 1.99. The fraction of sp³-hybridized carbons (Fsp3) is 0.200. The predicted molar refractivity (Wildman–Crippen MR) is 61.3 cm³/mol. The highest BCUT2D eigenvalue weighted by Gasteiger charge is 2.03. The second-order valence-corrected chi connectivity index (χ2v) is 3.51. The molecule has 1 aromatic carbocycles. The average molecular weight is 203 g/mol. The number of fused-ring (bicyclic) bond motifs is 1. The molecule has 15 heavy (non-hydrogen) atoms. The van der Waals surface area contributed by atoms with Crippen LogP contribution in [0.2, 0.25) is 0 Å². The van der Waals surface area contributed by atoms with Crippen LogP contribution >= 0.6 is 0 Å². The van der Waals surface area contributed by atoms with Gasteiger partial charge in [-0.15, -0.1) is 0 Å². The maximum Gasteiger partial charge on any atom is 0.151 e. The first-order chi connectivity index (χ1) is 7.16. The Balaban J connectivity index is 2.58. The van der Waals surface area contributed by atoms with Crippen molar-refractivity contribution < 1.29 is 0 Å². The minimum atomic E-state index is 0.708. The lowest BCUT2D eigenvalue weighted by Gasteiger charge is -2.13. The Morgan fingerprint density at radius 1 is 1.27 bits per heavy atom. The molecule has 0 spiro atoms. The molecule has 1 aromatic heterocycles. The predicted octanol–water partition coefficient (Wildman–Crippen LogP) is 1.10. The smallest absolute Gasteiger partial charge is 0.151 e. The molecule has 1 heterocycles. The summed E-state index contributed by atoms with van der Waals surface area (Å²) in [5, 5.41) is 2.75. The second kappa shape index (κ2) is 3.70. The van der Waals surface area contributed by atoms with Gasteiger partial charge in [-0.2, -0.15) is 0 Å². The molecule has 0 radical (unpaired) electrons. The maximum atomic E-state index is 5.73. The van der Waals surface area contributed by atoms with Gasteiger partial charge in [-0.3, -0.25) is 0 Å². The molecular weight excluding hydrogens is 190 g/mol. The molecule has 5 nitrogen and oxygen atoms in total. The van der Waals surface area contributed by atoms with Crippen molar-refractivity contribution in [2.45, 2.75) is 0 Å². The largest absolute Gasteiger partial charge is 0.399 e. The van der Waals surface area contributed by atoms with Crippen LogP contribution < -0.4 is 11.2 Å². The van der Waals surface area contributed by atoms with E-state index in [1.807, 2.05) is 37.3 Å². The molecule has 2 rings (SSSR count). The third kappa shape index (κ3) is 1.97. The normalized spacial score (nSPS) is 10.9. The van der Waals surface area contributed by atoms with E-state index >= 15 is 0 Å². The number of hydrogen-bond acceptors (Lipinski definition) is 5. The lowest BCUT2D eigenvalue weighted by atomic mass is 10.2. The van der Waals surface area contributed by atoms with Gasteiger partial charge in [0, 0.05) is 25.2 Å². The van der Waals surface area contributed by atoms with Crippen LogP contribution in [0.1, 0.15) is 0 Å². The summed E-state index contributed by atoms with van der Waals surface area (Å²) in [5.74, 6) is 0.761. The van der Waals surface area contributed by atoms with Gasteiger partial charge in [-0.1, -0.05) is 0 Å². The Bertz CT molecular complexity index is 480. The van der Waals surface area contributed by atoms with Gasteiger partial charge in [0.1, 0.15) is 6.33 Å². The molecule has 0 aliphatic carbocycles. The number of aromatic nitrogens is 2. The van der Waals surface area contributed by atoms with Gasteiger partial charge in [0.25, 0.3) is 0 Å². The molecule has 0 atom stereocenters. The number of benzene rings is 1. The van der Waals surface area contributed by atoms with E-state index in [4.69, 9.17) is 5.73 Å². The lowest BCUT2D eigenvalue weighted by Crippen LogP contribution is -2.20. The summed E-state index contributed by atoms with van der Waals surface area (Å²) in [7, 11) is 3.81. The van der Waals surface area contributed by atoms with E-state index in [2.05, 4.69) is 15.4 Å². The molecule has 78 valence electrons. The monoisotopic (exact) mass is 203 g/mol. The van der Waals surface area contributed by atoms with Gasteiger partial charge in [-0.25, -0.2) is 15.0 Å². The molecule has 0 amide bonds. The molecular formula is C10H13N5. The maximum absolute atomic E-state index is 5.73. The second-order valence-electron chi connectivity index (χ2n) is 3.51. The van der Waals surface area contributed by atoms with E-state index in [1.165, 1.54) is 6.33 Å². The zero-order valence-electron chi connectivity index (χ0n) is 8.73. The summed E-state index contributed by atoms with van der Waals surface area (Å²) in [4.78, 5) is 8.33. The Hall–Kier alpha value is -1.88. The average Bonchev–Trinajstić information content (AvgIpc) is 2.18. The van der Waals surface area contributed by atoms with E-state index in [0.29, 0.717) is 5.69 Å². The summed E-state index contributed by atoms with van der Waals surface area (Å²) in [6, 6.07) is 5.57. The van der Waals surface area contributed by atoms with Crippen molar-refractivity contribution in [3.63, 3.8) is 0 Å². The molecule has 0 bridgehead atoms. The van der Waals surface area contributed by atoms with Crippen LogP contribution in [0.4, 0.5) is 11.5 Å². The third-order valence-electron chi connectivity index (χ3n) is 1.99. The van der Waals surface area contributed by atoms with Crippen LogP contribution in [0.25, 0.3) is 10.9 Å². The lowest BCUT2D eigenvalue weighted by molar-refractivity contribution is 0.493. The van der Waals surface area contributed by atoms with Crippen molar-refractivity contribution in [2.75, 3.05) is 25.3 Å². The van der Waals surface area contributed by atoms with Crippen molar-refractivity contribution in [3.8, 4) is 0 Å². The number of anilines is 2. The molecule has 3 N–H and O–H groups in total. The molecule has 0 aliphatic heterocycles. The minimum absolute atomic E-state index is 0.708. The highest BCUT2D eigenvalue weighted by Crippen LogP contribution is 2.21. The summed E-state index contributed by atoms with van der Waals surface area (Å²) < 4.78 is 0. The molecule has 0 aliphatic rings. The quantitative estimate of drug-likeness (QED) is 0.565. The molecule has 0 fully saturated rings. The first kappa shape index (κ1) is 9.67. The fourth-order valence-corrected chi connectivity index (χ4v) is 1.38. The first-order valence-electron chi connectivity index (χ1n) is 4.61. The summed E-state index contributed by atoms with van der Waals surface area (Å²) in [6.07, 6.45) is 1.53. The van der Waals surface area contributed by atoms with Crippen molar-refractivity contribution in [1.82, 2.24) is 15.0 Å². The van der Waals surface area contributed by atoms with E-state index in [-0.39, 0.29) is 0 Å². The van der Waals surface area contributed by atoms with Gasteiger partial charge in [0.05, 0.1) is 5.52 Å². The van der Waals surface area contributed by atoms with E-state index in [1.54, 1.807) is 0 Å². The number of hydrazine groups is 1. The molecule has 0 saturated carbocycles. The molecule has 2 aromatic rings. The van der Waals surface area contributed by atoms with Crippen LogP contribution in [-0.2, 0) is 0 Å². The number of nitrogens with two attached hydrogens (primary N) is 1. The summed E-state index contributed by atoms with van der Waals surface area (Å²) in [5.41, 5.74) is 10.4. The SMILES string of the molecule is CN(C)Nc1ncnc2ccc(N)cc12. The van der Waals surface area contributed by atoms with Crippen LogP contribution in [0.3, 0.4) is 0 Å². The van der Waals surface area contributed by atoms with Crippen LogP contribution in [0, 0.1) is 0 Å². The van der Waals surface area contributed by atoms with E-state index < -0.39 is 0 Å². The summed E-state index contributed by atoms with van der Waals surface area (Å²) >= 11 is 0. The Labute approximate surface area is 87.9 Å². The standard InChI is InChI=1S/C10H13N5/c1-15(2)14-10-8-5-7(11)3-4-9(8)12-6-13-10/h3-6H,11H2,1-2H3,(H,12,13,14). The number of nitrogens with one attached hydrogen (secondary N) is 1. The number of nitrogens with zero attached hydrogens (tertiary/aromatic N) is 3.